The van der Waals surface area contributed by atoms with Gasteiger partial charge < -0.3 is 10.1 Å². The first-order chi connectivity index (χ1) is 14.1. The lowest BCUT2D eigenvalue weighted by Crippen LogP contribution is -2.47. The lowest BCUT2D eigenvalue weighted by molar-refractivity contribution is -0.274. The second kappa shape index (κ2) is 13.2. The third-order valence-electron chi connectivity index (χ3n) is 4.84. The molecule has 30 heavy (non-hydrogen) atoms. The summed E-state index contributed by atoms with van der Waals surface area (Å²) >= 11 is 0. The standard InChI is InChI=1S/C17H25F3N2O3S.C4H10/c1-2-13-26(23,24)22(15-7-10-21-11-8-15)12-9-14-5-3-4-6-16(14)25-17(18,19)20;1-3-4-2/h3-6,15,21H,2,7-13H2,1H3;3-4H2,1-2H3. The largest absolute Gasteiger partial charge is 0.573 e. The molecule has 1 N–H and O–H groups in total. The van der Waals surface area contributed by atoms with Crippen molar-refractivity contribution in [2.24, 2.45) is 0 Å². The molecule has 0 saturated carbocycles. The van der Waals surface area contributed by atoms with Crippen LogP contribution in [0.4, 0.5) is 13.2 Å². The summed E-state index contributed by atoms with van der Waals surface area (Å²) < 4.78 is 68.6. The van der Waals surface area contributed by atoms with Gasteiger partial charge in [0.2, 0.25) is 10.0 Å². The molecule has 0 amide bonds. The van der Waals surface area contributed by atoms with E-state index in [0.29, 0.717) is 24.8 Å². The van der Waals surface area contributed by atoms with Gasteiger partial charge in [-0.3, -0.25) is 0 Å². The van der Waals surface area contributed by atoms with Gasteiger partial charge in [0.25, 0.3) is 0 Å². The first kappa shape index (κ1) is 26.7. The van der Waals surface area contributed by atoms with E-state index in [4.69, 9.17) is 0 Å². The van der Waals surface area contributed by atoms with E-state index in [-0.39, 0.29) is 30.5 Å². The number of para-hydroxylation sites is 1. The first-order valence-electron chi connectivity index (χ1n) is 10.7. The van der Waals surface area contributed by atoms with Crippen molar-refractivity contribution in [1.29, 1.82) is 0 Å². The van der Waals surface area contributed by atoms with E-state index in [1.165, 1.54) is 35.3 Å². The zero-order valence-corrected chi connectivity index (χ0v) is 19.0. The van der Waals surface area contributed by atoms with Crippen LogP contribution in [0.3, 0.4) is 0 Å². The van der Waals surface area contributed by atoms with Gasteiger partial charge in [0.1, 0.15) is 5.75 Å². The maximum Gasteiger partial charge on any atom is 0.573 e. The van der Waals surface area contributed by atoms with E-state index in [1.54, 1.807) is 13.0 Å². The molecule has 1 aliphatic heterocycles. The number of piperidine rings is 1. The van der Waals surface area contributed by atoms with Crippen molar-refractivity contribution in [1.82, 2.24) is 9.62 Å². The average Bonchev–Trinajstić information content (AvgIpc) is 2.69. The number of benzene rings is 1. The highest BCUT2D eigenvalue weighted by Crippen LogP contribution is 2.27. The maximum atomic E-state index is 12.7. The number of nitrogens with zero attached hydrogens (tertiary/aromatic N) is 1. The third kappa shape index (κ3) is 9.66. The lowest BCUT2D eigenvalue weighted by Gasteiger charge is -2.34. The normalized spacial score (nSPS) is 15.6. The Labute approximate surface area is 179 Å². The minimum atomic E-state index is -4.78. The molecular formula is C21H35F3N2O3S. The van der Waals surface area contributed by atoms with Gasteiger partial charge in [0.05, 0.1) is 5.75 Å². The van der Waals surface area contributed by atoms with Crippen LogP contribution >= 0.6 is 0 Å². The average molecular weight is 453 g/mol. The minimum absolute atomic E-state index is 0.0393. The smallest absolute Gasteiger partial charge is 0.406 e. The second-order valence-electron chi connectivity index (χ2n) is 7.31. The van der Waals surface area contributed by atoms with E-state index in [1.807, 2.05) is 0 Å². The highest BCUT2D eigenvalue weighted by atomic mass is 32.2. The molecule has 0 aromatic heterocycles. The third-order valence-corrected chi connectivity index (χ3v) is 6.95. The Hall–Kier alpha value is -1.32. The molecule has 1 aromatic carbocycles. The number of nitrogens with one attached hydrogen (secondary N) is 1. The van der Waals surface area contributed by atoms with Gasteiger partial charge in [-0.2, -0.15) is 4.31 Å². The van der Waals surface area contributed by atoms with E-state index in [0.717, 1.165) is 13.1 Å². The molecule has 1 aliphatic rings. The molecule has 174 valence electrons. The van der Waals surface area contributed by atoms with E-state index < -0.39 is 16.4 Å². The summed E-state index contributed by atoms with van der Waals surface area (Å²) in [6.45, 7) is 7.77. The molecular weight excluding hydrogens is 417 g/mol. The van der Waals surface area contributed by atoms with Gasteiger partial charge in [-0.05, 0) is 50.4 Å². The first-order valence-corrected chi connectivity index (χ1v) is 12.3. The minimum Gasteiger partial charge on any atom is -0.406 e. The summed E-state index contributed by atoms with van der Waals surface area (Å²) in [5.74, 6) is -0.240. The van der Waals surface area contributed by atoms with Crippen LogP contribution < -0.4 is 10.1 Å². The molecule has 0 aliphatic carbocycles. The number of ether oxygens (including phenoxy) is 1. The topological polar surface area (TPSA) is 58.6 Å². The highest BCUT2D eigenvalue weighted by molar-refractivity contribution is 7.89. The van der Waals surface area contributed by atoms with Crippen LogP contribution in [-0.2, 0) is 16.4 Å². The van der Waals surface area contributed by atoms with Crippen LogP contribution in [0.1, 0.15) is 58.4 Å². The molecule has 0 unspecified atom stereocenters. The molecule has 0 bridgehead atoms. The summed E-state index contributed by atoms with van der Waals surface area (Å²) in [5.41, 5.74) is 0.343. The molecule has 1 aromatic rings. The molecule has 2 rings (SSSR count). The van der Waals surface area contributed by atoms with E-state index in [2.05, 4.69) is 23.9 Å². The van der Waals surface area contributed by atoms with Crippen LogP contribution in [-0.4, -0.2) is 50.5 Å². The van der Waals surface area contributed by atoms with E-state index in [9.17, 15) is 21.6 Å². The summed E-state index contributed by atoms with van der Waals surface area (Å²) in [6, 6.07) is 5.74. The number of hydrogen-bond donors (Lipinski definition) is 1. The van der Waals surface area contributed by atoms with Gasteiger partial charge in [-0.25, -0.2) is 8.42 Å². The van der Waals surface area contributed by atoms with Crippen LogP contribution in [0, 0.1) is 0 Å². The number of halogens is 3. The van der Waals surface area contributed by atoms with Crippen molar-refractivity contribution in [2.45, 2.75) is 71.7 Å². The van der Waals surface area contributed by atoms with Gasteiger partial charge in [-0.1, -0.05) is 51.8 Å². The van der Waals surface area contributed by atoms with Crippen LogP contribution in [0.2, 0.25) is 0 Å². The molecule has 1 saturated heterocycles. The molecule has 5 nitrogen and oxygen atoms in total. The van der Waals surface area contributed by atoms with Crippen molar-refractivity contribution in [2.75, 3.05) is 25.4 Å². The van der Waals surface area contributed by atoms with Crippen molar-refractivity contribution in [3.63, 3.8) is 0 Å². The zero-order valence-electron chi connectivity index (χ0n) is 18.2. The van der Waals surface area contributed by atoms with Crippen molar-refractivity contribution in [3.8, 4) is 5.75 Å². The number of hydrogen-bond acceptors (Lipinski definition) is 4. The Morgan fingerprint density at radius 2 is 1.67 bits per heavy atom. The number of sulfonamides is 1. The highest BCUT2D eigenvalue weighted by Gasteiger charge is 2.33. The van der Waals surface area contributed by atoms with Gasteiger partial charge in [-0.15, -0.1) is 13.2 Å². The van der Waals surface area contributed by atoms with Gasteiger partial charge in [0, 0.05) is 12.6 Å². The van der Waals surface area contributed by atoms with Gasteiger partial charge >= 0.3 is 6.36 Å². The predicted molar refractivity (Wildman–Crippen MR) is 114 cm³/mol. The number of alkyl halides is 3. The van der Waals surface area contributed by atoms with Gasteiger partial charge in [0.15, 0.2) is 0 Å². The monoisotopic (exact) mass is 452 g/mol. The SMILES string of the molecule is CCCC.CCCS(=O)(=O)N(CCc1ccccc1OC(F)(F)F)C1CCNCC1. The second-order valence-corrected chi connectivity index (χ2v) is 9.35. The Kier molecular flexibility index (Phi) is 11.7. The molecule has 1 fully saturated rings. The Morgan fingerprint density at radius 1 is 1.07 bits per heavy atom. The van der Waals surface area contributed by atoms with Crippen LogP contribution in [0.5, 0.6) is 5.75 Å². The van der Waals surface area contributed by atoms with Crippen molar-refractivity contribution < 1.29 is 26.3 Å². The molecule has 0 radical (unpaired) electrons. The quantitative estimate of drug-likeness (QED) is 0.589. The molecule has 0 atom stereocenters. The Morgan fingerprint density at radius 3 is 2.20 bits per heavy atom. The van der Waals surface area contributed by atoms with E-state index >= 15 is 0 Å². The summed E-state index contributed by atoms with van der Waals surface area (Å²) in [4.78, 5) is 0. The lowest BCUT2D eigenvalue weighted by atomic mass is 10.1. The molecule has 0 spiro atoms. The molecule has 1 heterocycles. The fourth-order valence-electron chi connectivity index (χ4n) is 3.18. The summed E-state index contributed by atoms with van der Waals surface area (Å²) in [5, 5.41) is 3.20. The van der Waals surface area contributed by atoms with Crippen LogP contribution in [0.25, 0.3) is 0 Å². The zero-order chi connectivity index (χ0) is 22.6. The fraction of sp³-hybridized carbons (Fsp3) is 0.714. The van der Waals surface area contributed by atoms with Crippen LogP contribution in [0.15, 0.2) is 24.3 Å². The summed E-state index contributed by atoms with van der Waals surface area (Å²) in [7, 11) is -3.45. The Bertz CT molecular complexity index is 704. The number of rotatable bonds is 9. The van der Waals surface area contributed by atoms with Crippen molar-refractivity contribution in [3.05, 3.63) is 29.8 Å². The number of unbranched alkanes of at least 4 members (excludes halogenated alkanes) is 1. The summed E-state index contributed by atoms with van der Waals surface area (Å²) in [6.07, 6.45) is -0.0803. The Balaban J connectivity index is 0.00000103. The predicted octanol–water partition coefficient (Wildman–Crippen LogP) is 4.73. The van der Waals surface area contributed by atoms with Crippen molar-refractivity contribution >= 4 is 10.0 Å². The maximum absolute atomic E-state index is 12.7. The fourth-order valence-corrected chi connectivity index (χ4v) is 4.97. The molecule has 9 heteroatoms.